The topological polar surface area (TPSA) is 57.2 Å². The van der Waals surface area contributed by atoms with Gasteiger partial charge in [-0.1, -0.05) is 23.7 Å². The molecule has 0 radical (unpaired) electrons. The lowest BCUT2D eigenvalue weighted by Gasteiger charge is -2.29. The summed E-state index contributed by atoms with van der Waals surface area (Å²) in [5, 5.41) is 7.73. The summed E-state index contributed by atoms with van der Waals surface area (Å²) in [4.78, 5) is 17.1. The van der Waals surface area contributed by atoms with E-state index in [0.29, 0.717) is 22.2 Å². The second kappa shape index (κ2) is 9.66. The monoisotopic (exact) mass is 455 g/mol. The van der Waals surface area contributed by atoms with Gasteiger partial charge in [0.15, 0.2) is 10.6 Å². The van der Waals surface area contributed by atoms with Gasteiger partial charge in [0, 0.05) is 43.0 Å². The molecule has 1 aliphatic heterocycles. The van der Waals surface area contributed by atoms with Crippen LogP contribution in [-0.4, -0.2) is 45.7 Å². The molecule has 2 heterocycles. The third-order valence-corrected chi connectivity index (χ3v) is 6.22. The third-order valence-electron chi connectivity index (χ3n) is 5.66. The molecule has 0 saturated carbocycles. The molecule has 1 aromatic heterocycles. The molecule has 3 aromatic rings. The van der Waals surface area contributed by atoms with E-state index in [9.17, 15) is 4.79 Å². The number of hydrogen-bond donors (Lipinski definition) is 1. The number of nitrogens with one attached hydrogen (secondary N) is 1. The Morgan fingerprint density at radius 3 is 2.45 bits per heavy atom. The molecule has 8 heteroatoms. The highest BCUT2D eigenvalue weighted by Crippen LogP contribution is 2.22. The lowest BCUT2D eigenvalue weighted by atomic mass is 10.1. The van der Waals surface area contributed by atoms with Crippen molar-refractivity contribution in [3.8, 4) is 11.4 Å². The number of anilines is 1. The summed E-state index contributed by atoms with van der Waals surface area (Å²) in [6.45, 7) is 2.91. The minimum absolute atomic E-state index is 0.0344. The highest BCUT2D eigenvalue weighted by Gasteiger charge is 2.16. The molecule has 31 heavy (non-hydrogen) atoms. The van der Waals surface area contributed by atoms with Gasteiger partial charge in [-0.25, -0.2) is 0 Å². The van der Waals surface area contributed by atoms with Crippen LogP contribution in [0.15, 0.2) is 48.5 Å². The van der Waals surface area contributed by atoms with Gasteiger partial charge in [0.05, 0.1) is 0 Å². The van der Waals surface area contributed by atoms with E-state index in [1.165, 1.54) is 24.9 Å². The lowest BCUT2D eigenvalue weighted by molar-refractivity contribution is -0.131. The van der Waals surface area contributed by atoms with Crippen LogP contribution in [-0.2, 0) is 17.9 Å². The van der Waals surface area contributed by atoms with Gasteiger partial charge < -0.3 is 9.80 Å². The number of rotatable bonds is 6. The summed E-state index contributed by atoms with van der Waals surface area (Å²) in [7, 11) is 1.81. The van der Waals surface area contributed by atoms with Crippen molar-refractivity contribution in [2.75, 3.05) is 25.0 Å². The molecule has 0 atom stereocenters. The van der Waals surface area contributed by atoms with Gasteiger partial charge >= 0.3 is 0 Å². The van der Waals surface area contributed by atoms with Crippen LogP contribution in [0.5, 0.6) is 0 Å². The van der Waals surface area contributed by atoms with Gasteiger partial charge in [0.1, 0.15) is 6.54 Å². The summed E-state index contributed by atoms with van der Waals surface area (Å²) in [6, 6.07) is 15.8. The summed E-state index contributed by atoms with van der Waals surface area (Å²) < 4.78 is 2.13. The predicted octanol–water partition coefficient (Wildman–Crippen LogP) is 4.91. The normalized spacial score (nSPS) is 13.9. The Morgan fingerprint density at radius 1 is 1.10 bits per heavy atom. The van der Waals surface area contributed by atoms with E-state index in [0.717, 1.165) is 24.2 Å². The number of amides is 1. The Hall–Kier alpha value is -2.64. The molecule has 1 amide bonds. The van der Waals surface area contributed by atoms with E-state index in [2.05, 4.69) is 39.4 Å². The fourth-order valence-electron chi connectivity index (χ4n) is 3.87. The fourth-order valence-corrected chi connectivity index (χ4v) is 4.19. The number of halogens is 1. The maximum atomic E-state index is 12.9. The Kier molecular flexibility index (Phi) is 6.73. The fraction of sp³-hybridized carbons (Fsp3) is 0.348. The van der Waals surface area contributed by atoms with Crippen molar-refractivity contribution in [3.63, 3.8) is 0 Å². The average molecular weight is 456 g/mol. The molecule has 4 rings (SSSR count). The summed E-state index contributed by atoms with van der Waals surface area (Å²) in [5.41, 5.74) is 3.21. The van der Waals surface area contributed by atoms with Crippen LogP contribution < -0.4 is 4.90 Å². The molecule has 162 valence electrons. The summed E-state index contributed by atoms with van der Waals surface area (Å²) >= 11 is 11.3. The van der Waals surface area contributed by atoms with Crippen LogP contribution in [0, 0.1) is 4.77 Å². The number of hydrogen-bond acceptors (Lipinski definition) is 4. The van der Waals surface area contributed by atoms with Crippen molar-refractivity contribution < 1.29 is 4.79 Å². The molecule has 0 spiro atoms. The molecule has 1 aliphatic rings. The predicted molar refractivity (Wildman–Crippen MR) is 127 cm³/mol. The Balaban J connectivity index is 1.42. The van der Waals surface area contributed by atoms with Crippen LogP contribution in [0.1, 0.15) is 24.8 Å². The van der Waals surface area contributed by atoms with E-state index in [1.807, 2.05) is 19.2 Å². The van der Waals surface area contributed by atoms with E-state index >= 15 is 0 Å². The SMILES string of the molecule is CN(Cc1ccc(N2CCCCC2)cc1)C(=O)Cn1c(-c2ccc(Cl)cc2)n[nH]c1=S. The van der Waals surface area contributed by atoms with Gasteiger partial charge in [-0.15, -0.1) is 0 Å². The standard InChI is InChI=1S/C23H26ClN5OS/c1-27(15-17-5-11-20(12-6-17)28-13-3-2-4-14-28)21(30)16-29-22(25-26-23(29)31)18-7-9-19(24)10-8-18/h5-12H,2-4,13-16H2,1H3,(H,26,31). The van der Waals surface area contributed by atoms with Crippen molar-refractivity contribution in [1.29, 1.82) is 0 Å². The number of carbonyl (C=O) groups is 1. The van der Waals surface area contributed by atoms with E-state index in [1.54, 1.807) is 21.6 Å². The van der Waals surface area contributed by atoms with Crippen molar-refractivity contribution in [2.24, 2.45) is 0 Å². The maximum Gasteiger partial charge on any atom is 0.242 e. The minimum atomic E-state index is -0.0344. The number of carbonyl (C=O) groups excluding carboxylic acids is 1. The highest BCUT2D eigenvalue weighted by atomic mass is 35.5. The van der Waals surface area contributed by atoms with Gasteiger partial charge in [-0.05, 0) is 73.4 Å². The Bertz CT molecular complexity index is 1080. The van der Waals surface area contributed by atoms with Crippen LogP contribution in [0.25, 0.3) is 11.4 Å². The molecule has 1 saturated heterocycles. The largest absolute Gasteiger partial charge is 0.372 e. The molecule has 2 aromatic carbocycles. The third kappa shape index (κ3) is 5.17. The first-order chi connectivity index (χ1) is 15.0. The van der Waals surface area contributed by atoms with Gasteiger partial charge in [-0.3, -0.25) is 14.5 Å². The van der Waals surface area contributed by atoms with Crippen LogP contribution in [0.2, 0.25) is 5.02 Å². The average Bonchev–Trinajstić information content (AvgIpc) is 3.15. The number of nitrogens with zero attached hydrogens (tertiary/aromatic N) is 4. The molecule has 0 aliphatic carbocycles. The van der Waals surface area contributed by atoms with E-state index < -0.39 is 0 Å². The van der Waals surface area contributed by atoms with Gasteiger partial charge in [0.25, 0.3) is 0 Å². The first-order valence-electron chi connectivity index (χ1n) is 10.5. The van der Waals surface area contributed by atoms with Crippen LogP contribution in [0.4, 0.5) is 5.69 Å². The second-order valence-electron chi connectivity index (χ2n) is 7.91. The van der Waals surface area contributed by atoms with Crippen molar-refractivity contribution >= 4 is 35.4 Å². The molecule has 0 bridgehead atoms. The molecule has 1 N–H and O–H groups in total. The molecular formula is C23H26ClN5OS. The number of aromatic amines is 1. The van der Waals surface area contributed by atoms with E-state index in [-0.39, 0.29) is 12.5 Å². The Labute approximate surface area is 192 Å². The lowest BCUT2D eigenvalue weighted by Crippen LogP contribution is -2.30. The molecule has 1 fully saturated rings. The molecule has 6 nitrogen and oxygen atoms in total. The summed E-state index contributed by atoms with van der Waals surface area (Å²) in [5.74, 6) is 0.585. The highest BCUT2D eigenvalue weighted by molar-refractivity contribution is 7.71. The number of benzene rings is 2. The first kappa shape index (κ1) is 21.6. The van der Waals surface area contributed by atoms with Crippen molar-refractivity contribution in [1.82, 2.24) is 19.7 Å². The van der Waals surface area contributed by atoms with Crippen LogP contribution in [0.3, 0.4) is 0 Å². The van der Waals surface area contributed by atoms with E-state index in [4.69, 9.17) is 23.8 Å². The zero-order chi connectivity index (χ0) is 21.8. The first-order valence-corrected chi connectivity index (χ1v) is 11.3. The number of H-pyrrole nitrogens is 1. The second-order valence-corrected chi connectivity index (χ2v) is 8.73. The number of likely N-dealkylation sites (N-methyl/N-ethyl adjacent to an activating group) is 1. The van der Waals surface area contributed by atoms with Gasteiger partial charge in [-0.2, -0.15) is 5.10 Å². The zero-order valence-corrected chi connectivity index (χ0v) is 19.1. The van der Waals surface area contributed by atoms with Gasteiger partial charge in [0.2, 0.25) is 5.91 Å². The molecular weight excluding hydrogens is 430 g/mol. The Morgan fingerprint density at radius 2 is 1.77 bits per heavy atom. The maximum absolute atomic E-state index is 12.9. The number of aromatic nitrogens is 3. The molecule has 0 unspecified atom stereocenters. The van der Waals surface area contributed by atoms with Crippen molar-refractivity contribution in [3.05, 3.63) is 63.9 Å². The summed E-state index contributed by atoms with van der Waals surface area (Å²) in [6.07, 6.45) is 3.84. The minimum Gasteiger partial charge on any atom is -0.372 e. The zero-order valence-electron chi connectivity index (χ0n) is 17.6. The smallest absolute Gasteiger partial charge is 0.242 e. The van der Waals surface area contributed by atoms with Crippen molar-refractivity contribution in [2.45, 2.75) is 32.4 Å². The van der Waals surface area contributed by atoms with Crippen LogP contribution >= 0.6 is 23.8 Å². The quantitative estimate of drug-likeness (QED) is 0.536. The number of piperidine rings is 1.